The first-order valence-corrected chi connectivity index (χ1v) is 7.23. The summed E-state index contributed by atoms with van der Waals surface area (Å²) in [6.45, 7) is -0.373. The largest absolute Gasteiger partial charge is 0.503 e. The summed E-state index contributed by atoms with van der Waals surface area (Å²) in [6, 6.07) is 2.02. The Bertz CT molecular complexity index is 914. The molecule has 1 aromatic carbocycles. The number of carbonyl (C=O) groups is 2. The first-order valence-electron chi connectivity index (χ1n) is 6.85. The highest BCUT2D eigenvalue weighted by molar-refractivity contribution is 6.30. The predicted octanol–water partition coefficient (Wildman–Crippen LogP) is 1.30. The number of aromatic amines is 1. The number of carbonyl (C=O) groups excluding carboxylic acids is 2. The molecule has 0 saturated heterocycles. The van der Waals surface area contributed by atoms with Crippen LogP contribution in [0.2, 0.25) is 5.02 Å². The van der Waals surface area contributed by atoms with Crippen molar-refractivity contribution in [1.82, 2.24) is 15.6 Å². The second-order valence-electron chi connectivity index (χ2n) is 4.85. The van der Waals surface area contributed by atoms with E-state index in [-0.39, 0.29) is 12.1 Å². The number of hydrogen-bond donors (Lipinski definition) is 4. The lowest BCUT2D eigenvalue weighted by Crippen LogP contribution is -2.30. The first-order chi connectivity index (χ1) is 11.8. The van der Waals surface area contributed by atoms with Gasteiger partial charge in [-0.15, -0.1) is 0 Å². The Morgan fingerprint density at radius 2 is 1.96 bits per heavy atom. The van der Waals surface area contributed by atoms with Crippen LogP contribution in [0, 0.1) is 11.6 Å². The number of nitrogens with one attached hydrogen (secondary N) is 3. The van der Waals surface area contributed by atoms with E-state index in [1.54, 1.807) is 0 Å². The molecular formula is C15H12ClF2N3O4. The molecule has 0 saturated carbocycles. The van der Waals surface area contributed by atoms with Crippen LogP contribution in [0.5, 0.6) is 5.75 Å². The van der Waals surface area contributed by atoms with E-state index >= 15 is 0 Å². The summed E-state index contributed by atoms with van der Waals surface area (Å²) in [6.07, 6.45) is 0.940. The fourth-order valence-corrected chi connectivity index (χ4v) is 2.14. The zero-order chi connectivity index (χ0) is 18.7. The van der Waals surface area contributed by atoms with Crippen LogP contribution in [-0.4, -0.2) is 29.0 Å². The second kappa shape index (κ2) is 7.31. The number of H-pyrrole nitrogens is 1. The van der Waals surface area contributed by atoms with Crippen molar-refractivity contribution in [2.75, 3.05) is 7.05 Å². The van der Waals surface area contributed by atoms with E-state index in [9.17, 15) is 28.3 Å². The number of aromatic hydroxyl groups is 1. The molecule has 0 aliphatic rings. The third-order valence-corrected chi connectivity index (χ3v) is 3.66. The van der Waals surface area contributed by atoms with Crippen LogP contribution in [0.15, 0.2) is 23.1 Å². The molecule has 0 fully saturated rings. The van der Waals surface area contributed by atoms with Crippen molar-refractivity contribution in [2.24, 2.45) is 0 Å². The standard InChI is InChI=1S/C15H12ClF2N3O4/c1-19-15(25)11-13(23)12(22)7(5-20-11)14(24)21-4-6-2-3-8(17)9(16)10(6)18/h2-3,5,23H,4H2,1H3,(H,19,25)(H,20,22)(H,21,24). The van der Waals surface area contributed by atoms with Crippen LogP contribution in [-0.2, 0) is 6.54 Å². The molecule has 2 rings (SSSR count). The molecule has 1 aromatic heterocycles. The fourth-order valence-electron chi connectivity index (χ4n) is 1.96. The number of amides is 2. The van der Waals surface area contributed by atoms with Crippen LogP contribution < -0.4 is 16.1 Å². The summed E-state index contributed by atoms with van der Waals surface area (Å²) in [4.78, 5) is 37.8. The summed E-state index contributed by atoms with van der Waals surface area (Å²) in [5, 5.41) is 13.5. The van der Waals surface area contributed by atoms with Gasteiger partial charge >= 0.3 is 0 Å². The van der Waals surface area contributed by atoms with Gasteiger partial charge in [0.15, 0.2) is 11.4 Å². The molecule has 0 aliphatic carbocycles. The Labute approximate surface area is 144 Å². The third-order valence-electron chi connectivity index (χ3n) is 3.31. The van der Waals surface area contributed by atoms with Gasteiger partial charge in [0.2, 0.25) is 5.43 Å². The third kappa shape index (κ3) is 3.61. The smallest absolute Gasteiger partial charge is 0.271 e. The average Bonchev–Trinajstić information content (AvgIpc) is 2.60. The highest BCUT2D eigenvalue weighted by atomic mass is 35.5. The van der Waals surface area contributed by atoms with Gasteiger partial charge in [0.1, 0.15) is 22.2 Å². The van der Waals surface area contributed by atoms with Gasteiger partial charge in [0, 0.05) is 25.4 Å². The van der Waals surface area contributed by atoms with E-state index in [1.165, 1.54) is 7.05 Å². The Morgan fingerprint density at radius 1 is 1.28 bits per heavy atom. The van der Waals surface area contributed by atoms with Gasteiger partial charge in [-0.25, -0.2) is 8.78 Å². The maximum atomic E-state index is 13.8. The Hall–Kier alpha value is -2.94. The summed E-state index contributed by atoms with van der Waals surface area (Å²) >= 11 is 5.43. The summed E-state index contributed by atoms with van der Waals surface area (Å²) in [5.41, 5.74) is -2.06. The predicted molar refractivity (Wildman–Crippen MR) is 84.7 cm³/mol. The van der Waals surface area contributed by atoms with E-state index in [4.69, 9.17) is 11.6 Å². The maximum absolute atomic E-state index is 13.8. The summed E-state index contributed by atoms with van der Waals surface area (Å²) in [5.74, 6) is -4.58. The zero-order valence-corrected chi connectivity index (χ0v) is 13.5. The van der Waals surface area contributed by atoms with Gasteiger partial charge in [0.05, 0.1) is 0 Å². The Kier molecular flexibility index (Phi) is 5.38. The molecule has 7 nitrogen and oxygen atoms in total. The molecule has 1 heterocycles. The van der Waals surface area contributed by atoms with Crippen LogP contribution in [0.1, 0.15) is 26.4 Å². The molecule has 25 heavy (non-hydrogen) atoms. The molecule has 0 unspecified atom stereocenters. The van der Waals surface area contributed by atoms with Gasteiger partial charge in [-0.1, -0.05) is 17.7 Å². The molecule has 0 radical (unpaired) electrons. The van der Waals surface area contributed by atoms with Crippen LogP contribution in [0.25, 0.3) is 0 Å². The monoisotopic (exact) mass is 371 g/mol. The minimum atomic E-state index is -1.08. The molecule has 132 valence electrons. The quantitative estimate of drug-likeness (QED) is 0.607. The average molecular weight is 372 g/mol. The van der Waals surface area contributed by atoms with Crippen molar-refractivity contribution in [1.29, 1.82) is 0 Å². The molecule has 0 spiro atoms. The highest BCUT2D eigenvalue weighted by Crippen LogP contribution is 2.21. The number of hydrogen-bond acceptors (Lipinski definition) is 4. The molecule has 0 aliphatic heterocycles. The molecule has 0 bridgehead atoms. The van der Waals surface area contributed by atoms with E-state index in [0.29, 0.717) is 0 Å². The van der Waals surface area contributed by atoms with E-state index in [2.05, 4.69) is 15.6 Å². The van der Waals surface area contributed by atoms with Gasteiger partial charge in [-0.3, -0.25) is 14.4 Å². The van der Waals surface area contributed by atoms with E-state index < -0.39 is 50.9 Å². The van der Waals surface area contributed by atoms with E-state index in [0.717, 1.165) is 18.3 Å². The lowest BCUT2D eigenvalue weighted by Gasteiger charge is -2.09. The van der Waals surface area contributed by atoms with Crippen molar-refractivity contribution in [3.8, 4) is 5.75 Å². The topological polar surface area (TPSA) is 111 Å². The lowest BCUT2D eigenvalue weighted by molar-refractivity contribution is 0.0936. The fraction of sp³-hybridized carbons (Fsp3) is 0.133. The number of rotatable bonds is 4. The second-order valence-corrected chi connectivity index (χ2v) is 5.23. The minimum Gasteiger partial charge on any atom is -0.503 e. The normalized spacial score (nSPS) is 10.4. The first kappa shape index (κ1) is 18.4. The minimum absolute atomic E-state index is 0.0950. The maximum Gasteiger partial charge on any atom is 0.271 e. The van der Waals surface area contributed by atoms with Crippen molar-refractivity contribution >= 4 is 23.4 Å². The van der Waals surface area contributed by atoms with Gasteiger partial charge < -0.3 is 20.7 Å². The number of benzene rings is 1. The molecule has 0 atom stereocenters. The molecule has 2 amide bonds. The van der Waals surface area contributed by atoms with Crippen molar-refractivity contribution in [3.63, 3.8) is 0 Å². The molecule has 10 heteroatoms. The molecule has 4 N–H and O–H groups in total. The number of pyridine rings is 1. The van der Waals surface area contributed by atoms with E-state index in [1.807, 2.05) is 0 Å². The number of aromatic nitrogens is 1. The number of halogens is 3. The van der Waals surface area contributed by atoms with Gasteiger partial charge in [0.25, 0.3) is 11.8 Å². The Balaban J connectivity index is 2.22. The Morgan fingerprint density at radius 3 is 2.60 bits per heavy atom. The van der Waals surface area contributed by atoms with Crippen molar-refractivity contribution < 1.29 is 23.5 Å². The van der Waals surface area contributed by atoms with Gasteiger partial charge in [-0.2, -0.15) is 0 Å². The molecular weight excluding hydrogens is 360 g/mol. The van der Waals surface area contributed by atoms with Crippen LogP contribution in [0.4, 0.5) is 8.78 Å². The van der Waals surface area contributed by atoms with Crippen LogP contribution >= 0.6 is 11.6 Å². The lowest BCUT2D eigenvalue weighted by atomic mass is 10.1. The summed E-state index contributed by atoms with van der Waals surface area (Å²) in [7, 11) is 1.29. The SMILES string of the molecule is CNC(=O)c1[nH]cc(C(=O)NCc2ccc(F)c(Cl)c2F)c(=O)c1O. The highest BCUT2D eigenvalue weighted by Gasteiger charge is 2.20. The van der Waals surface area contributed by atoms with Crippen LogP contribution in [0.3, 0.4) is 0 Å². The van der Waals surface area contributed by atoms with Gasteiger partial charge in [-0.05, 0) is 6.07 Å². The van der Waals surface area contributed by atoms with Crippen molar-refractivity contribution in [2.45, 2.75) is 6.54 Å². The summed E-state index contributed by atoms with van der Waals surface area (Å²) < 4.78 is 26.9. The van der Waals surface area contributed by atoms with Crippen molar-refractivity contribution in [3.05, 3.63) is 62.0 Å². The zero-order valence-electron chi connectivity index (χ0n) is 12.7. The molecule has 2 aromatic rings.